The largest absolute Gasteiger partial charge is 0.302 e. The molecular weight excluding hydrogens is 848 g/mol. The van der Waals surface area contributed by atoms with Crippen molar-refractivity contribution < 1.29 is 24.5 Å². The van der Waals surface area contributed by atoms with Crippen LogP contribution in [0.15, 0.2) is 85.2 Å². The Kier molecular flexibility index (Phi) is 11.8. The zero-order valence-electron chi connectivity index (χ0n) is 28.9. The van der Waals surface area contributed by atoms with Crippen molar-refractivity contribution in [3.05, 3.63) is 114 Å². The average Bonchev–Trinajstić information content (AvgIpc) is 3.69. The van der Waals surface area contributed by atoms with Gasteiger partial charge in [0.2, 0.25) is 0 Å². The Morgan fingerprint density at radius 1 is 0.812 bits per heavy atom. The molecule has 0 N–H and O–H groups in total. The van der Waals surface area contributed by atoms with Crippen LogP contribution in [0.2, 0.25) is 17.3 Å². The van der Waals surface area contributed by atoms with Crippen LogP contribution in [0.5, 0.6) is 0 Å². The van der Waals surface area contributed by atoms with E-state index in [9.17, 15) is 4.39 Å². The molecule has 7 rings (SSSR count). The summed E-state index contributed by atoms with van der Waals surface area (Å²) in [5, 5.41) is 2.49. The summed E-state index contributed by atoms with van der Waals surface area (Å²) in [5.74, 6) is 7.77. The molecule has 0 unspecified atom stereocenters. The van der Waals surface area contributed by atoms with Crippen molar-refractivity contribution in [3.63, 3.8) is 0 Å². The number of nitrogens with zero attached hydrogens (tertiary/aromatic N) is 2. The minimum Gasteiger partial charge on any atom is -0.302 e. The minimum absolute atomic E-state index is 0. The predicted molar refractivity (Wildman–Crippen MR) is 202 cm³/mol. The van der Waals surface area contributed by atoms with Gasteiger partial charge in [0.05, 0.1) is 6.20 Å². The van der Waals surface area contributed by atoms with E-state index < -0.39 is 13.3 Å². The number of benzene rings is 3. The summed E-state index contributed by atoms with van der Waals surface area (Å²) in [4.78, 5) is 9.07. The summed E-state index contributed by atoms with van der Waals surface area (Å²) in [6, 6.07) is 31.6. The van der Waals surface area contributed by atoms with Gasteiger partial charge in [-0.05, 0) is 39.7 Å². The van der Waals surface area contributed by atoms with Gasteiger partial charge in [-0.1, -0.05) is 55.3 Å². The molecule has 1 aliphatic carbocycles. The zero-order valence-corrected chi connectivity index (χ0v) is 34.2. The first-order valence-corrected chi connectivity index (χ1v) is 25.0. The molecule has 0 atom stereocenters. The zero-order chi connectivity index (χ0) is 33.2. The Hall–Kier alpha value is -2.70. The summed E-state index contributed by atoms with van der Waals surface area (Å²) in [6.45, 7) is 6.92. The normalized spacial score (nSPS) is 13.7. The summed E-state index contributed by atoms with van der Waals surface area (Å²) in [7, 11) is 0. The molecule has 0 amide bonds. The number of aromatic nitrogens is 2. The molecule has 0 spiro atoms. The van der Waals surface area contributed by atoms with Crippen LogP contribution in [0.25, 0.3) is 42.7 Å². The number of hydrogen-bond donors (Lipinski definition) is 0. The second kappa shape index (κ2) is 15.5. The fourth-order valence-electron chi connectivity index (χ4n) is 6.72. The molecule has 0 aliphatic heterocycles. The SMILES string of the molecule is CC(C)(C)Cc1cc(-c2[c-]cccc2)nc[c]1[Ge]([CH3])([CH3])[CH3].Fc1cnc(-c2[c-]cc3sc4ccccc4c3c2)cc1CC1CCCC1.[Ir]. The van der Waals surface area contributed by atoms with Gasteiger partial charge in [-0.15, -0.1) is 23.8 Å². The van der Waals surface area contributed by atoms with Crippen LogP contribution in [0.4, 0.5) is 4.39 Å². The van der Waals surface area contributed by atoms with Crippen LogP contribution < -0.4 is 4.40 Å². The van der Waals surface area contributed by atoms with Gasteiger partial charge in [-0.2, -0.15) is 11.3 Å². The monoisotopic (exact) mass is 895 g/mol. The number of pyridine rings is 2. The molecule has 48 heavy (non-hydrogen) atoms. The topological polar surface area (TPSA) is 25.8 Å². The van der Waals surface area contributed by atoms with Gasteiger partial charge in [0.25, 0.3) is 0 Å². The van der Waals surface area contributed by atoms with Crippen LogP contribution in [0.1, 0.15) is 57.6 Å². The van der Waals surface area contributed by atoms with Crippen molar-refractivity contribution in [2.24, 2.45) is 11.3 Å². The molecule has 251 valence electrons. The first-order valence-electron chi connectivity index (χ1n) is 16.9. The van der Waals surface area contributed by atoms with Crippen molar-refractivity contribution in [3.8, 4) is 22.5 Å². The van der Waals surface area contributed by atoms with E-state index in [1.54, 1.807) is 11.3 Å². The minimum atomic E-state index is -1.90. The van der Waals surface area contributed by atoms with Gasteiger partial charge in [0, 0.05) is 24.8 Å². The Morgan fingerprint density at radius 2 is 1.50 bits per heavy atom. The fourth-order valence-corrected chi connectivity index (χ4v) is 11.1. The van der Waals surface area contributed by atoms with Crippen LogP contribution in [0.3, 0.4) is 0 Å². The Morgan fingerprint density at radius 3 is 2.21 bits per heavy atom. The van der Waals surface area contributed by atoms with Crippen molar-refractivity contribution in [2.45, 2.75) is 76.6 Å². The van der Waals surface area contributed by atoms with Crippen LogP contribution in [-0.4, -0.2) is 23.2 Å². The fraction of sp³-hybridized carbons (Fsp3) is 0.333. The Bertz CT molecular complexity index is 1990. The molecule has 2 nitrogen and oxygen atoms in total. The van der Waals surface area contributed by atoms with Crippen molar-refractivity contribution in [1.82, 2.24) is 9.97 Å². The molecule has 0 bridgehead atoms. The molecule has 6 heteroatoms. The average molecular weight is 894 g/mol. The summed E-state index contributed by atoms with van der Waals surface area (Å²) < 4.78 is 18.3. The van der Waals surface area contributed by atoms with Crippen molar-refractivity contribution in [2.75, 3.05) is 0 Å². The van der Waals surface area contributed by atoms with E-state index in [0.29, 0.717) is 11.3 Å². The second-order valence-corrected chi connectivity index (χ2v) is 26.9. The van der Waals surface area contributed by atoms with Crippen molar-refractivity contribution in [1.29, 1.82) is 0 Å². The molecular formula is C42H45FGeIrN2S-2. The third-order valence-electron chi connectivity index (χ3n) is 9.01. The van der Waals surface area contributed by atoms with E-state index in [-0.39, 0.29) is 25.9 Å². The number of thiophene rings is 1. The maximum absolute atomic E-state index is 14.3. The standard InChI is InChI=1S/C23H19FNS.C19H26GeN.Ir/c24-20-14-25-21(13-17(20)11-15-5-1-2-6-15)16-9-10-23-19(12-16)18-7-3-4-8-22(18)26-23;1-19(2,3)13-16-12-18(15-10-8-7-9-11-15)21-14-17(16)20(4,5)6;/h3-4,7-8,10,12-15H,1-2,5-6,11H2;7-10,12,14H,13H2,1-6H3;/q2*-1;. The molecule has 3 heterocycles. The molecule has 3 aromatic carbocycles. The van der Waals surface area contributed by atoms with E-state index in [1.165, 1.54) is 62.0 Å². The van der Waals surface area contributed by atoms with E-state index >= 15 is 0 Å². The van der Waals surface area contributed by atoms with Gasteiger partial charge in [0.1, 0.15) is 5.82 Å². The van der Waals surface area contributed by atoms with Crippen LogP contribution in [0, 0.1) is 29.3 Å². The van der Waals surface area contributed by atoms with Gasteiger partial charge in [0.15, 0.2) is 0 Å². The smallest absolute Gasteiger partial charge is 0.142 e. The summed E-state index contributed by atoms with van der Waals surface area (Å²) >= 11 is -0.116. The Labute approximate surface area is 306 Å². The number of rotatable bonds is 6. The second-order valence-electron chi connectivity index (χ2n) is 15.2. The molecule has 1 saturated carbocycles. The third kappa shape index (κ3) is 8.90. The quantitative estimate of drug-likeness (QED) is 0.123. The molecule has 0 saturated heterocycles. The van der Waals surface area contributed by atoms with Gasteiger partial charge in [-0.3, -0.25) is 0 Å². The summed E-state index contributed by atoms with van der Waals surface area (Å²) in [5.41, 5.74) is 6.46. The van der Waals surface area contributed by atoms with Gasteiger partial charge < -0.3 is 4.98 Å². The maximum Gasteiger partial charge on any atom is 0.142 e. The third-order valence-corrected chi connectivity index (χ3v) is 14.5. The predicted octanol–water partition coefficient (Wildman–Crippen LogP) is 11.5. The number of fused-ring (bicyclic) bond motifs is 3. The van der Waals surface area contributed by atoms with Gasteiger partial charge in [-0.25, -0.2) is 4.39 Å². The Balaban J connectivity index is 0.000000189. The van der Waals surface area contributed by atoms with Crippen LogP contribution in [-0.2, 0) is 32.9 Å². The molecule has 6 aromatic rings. The molecule has 1 fully saturated rings. The van der Waals surface area contributed by atoms with Gasteiger partial charge >= 0.3 is 132 Å². The maximum atomic E-state index is 14.3. The van der Waals surface area contributed by atoms with E-state index in [1.807, 2.05) is 30.3 Å². The van der Waals surface area contributed by atoms with E-state index in [2.05, 4.69) is 104 Å². The van der Waals surface area contributed by atoms with E-state index in [4.69, 9.17) is 4.98 Å². The van der Waals surface area contributed by atoms with E-state index in [0.717, 1.165) is 40.9 Å². The summed E-state index contributed by atoms with van der Waals surface area (Å²) in [6.07, 6.45) is 10.4. The first kappa shape index (κ1) is 36.6. The van der Waals surface area contributed by atoms with Crippen LogP contribution >= 0.6 is 11.3 Å². The number of hydrogen-bond acceptors (Lipinski definition) is 3. The molecule has 1 aliphatic rings. The van der Waals surface area contributed by atoms with Crippen molar-refractivity contribution >= 4 is 49.2 Å². The molecule has 1 radical (unpaired) electrons. The number of halogens is 1. The molecule has 3 aromatic heterocycles. The first-order chi connectivity index (χ1) is 22.4.